The van der Waals surface area contributed by atoms with Crippen molar-refractivity contribution >= 4 is 21.6 Å². The molecule has 0 bridgehead atoms. The molecule has 0 aliphatic carbocycles. The van der Waals surface area contributed by atoms with Gasteiger partial charge in [0, 0.05) is 24.6 Å². The molecule has 5 heteroatoms. The zero-order valence-corrected chi connectivity index (χ0v) is 28.5. The Morgan fingerprint density at radius 3 is 1.18 bits per heavy atom. The molecule has 0 amide bonds. The van der Waals surface area contributed by atoms with E-state index in [1.807, 2.05) is 21.6 Å². The van der Waals surface area contributed by atoms with E-state index in [2.05, 4.69) is 25.7 Å². The molecule has 2 N–H and O–H groups in total. The third-order valence-corrected chi connectivity index (χ3v) is 10.5. The van der Waals surface area contributed by atoms with Crippen molar-refractivity contribution in [3.8, 4) is 0 Å². The summed E-state index contributed by atoms with van der Waals surface area (Å²) in [6.45, 7) is 9.23. The van der Waals surface area contributed by atoms with Crippen LogP contribution in [0.25, 0.3) is 0 Å². The molecule has 0 radical (unpaired) electrons. The lowest BCUT2D eigenvalue weighted by atomic mass is 10.0. The van der Waals surface area contributed by atoms with E-state index < -0.39 is 0 Å². The van der Waals surface area contributed by atoms with E-state index in [1.54, 1.807) is 0 Å². The lowest BCUT2D eigenvalue weighted by molar-refractivity contribution is 0.0607. The summed E-state index contributed by atoms with van der Waals surface area (Å²) in [6, 6.07) is 0. The predicted octanol–water partition coefficient (Wildman–Crippen LogP) is 10.8. The van der Waals surface area contributed by atoms with Gasteiger partial charge < -0.3 is 10.2 Å². The molecule has 2 atom stereocenters. The highest BCUT2D eigenvalue weighted by Gasteiger charge is 2.16. The second-order valence-corrected chi connectivity index (χ2v) is 14.7. The Morgan fingerprint density at radius 2 is 0.795 bits per heavy atom. The molecule has 0 aromatic rings. The fourth-order valence-corrected chi connectivity index (χ4v) is 7.53. The molecule has 0 fully saturated rings. The van der Waals surface area contributed by atoms with Gasteiger partial charge in [0.1, 0.15) is 0 Å². The monoisotopic (exact) mass is 589 g/mol. The molecular weight excluding hydrogens is 519 g/mol. The van der Waals surface area contributed by atoms with E-state index in [4.69, 9.17) is 0 Å². The van der Waals surface area contributed by atoms with Crippen molar-refractivity contribution in [1.82, 2.24) is 4.90 Å². The SMILES string of the molecule is CCCCCCCCCCCCC(O)CN(CCCSSCCC)CC(O)CCCCCCCCCCCC. The Morgan fingerprint density at radius 1 is 0.436 bits per heavy atom. The second-order valence-electron chi connectivity index (χ2n) is 12.0. The van der Waals surface area contributed by atoms with Crippen molar-refractivity contribution in [2.24, 2.45) is 0 Å². The number of unbranched alkanes of at least 4 members (excludes halogenated alkanes) is 18. The van der Waals surface area contributed by atoms with Gasteiger partial charge in [-0.2, -0.15) is 0 Å². The third kappa shape index (κ3) is 31.3. The van der Waals surface area contributed by atoms with Gasteiger partial charge in [0.15, 0.2) is 0 Å². The van der Waals surface area contributed by atoms with Crippen LogP contribution in [0.15, 0.2) is 0 Å². The van der Waals surface area contributed by atoms with Crippen molar-refractivity contribution in [3.05, 3.63) is 0 Å². The van der Waals surface area contributed by atoms with Gasteiger partial charge in [0.2, 0.25) is 0 Å². The average Bonchev–Trinajstić information content (AvgIpc) is 2.92. The van der Waals surface area contributed by atoms with Crippen molar-refractivity contribution in [2.45, 2.75) is 187 Å². The van der Waals surface area contributed by atoms with Crippen LogP contribution in [0.2, 0.25) is 0 Å². The Hall–Kier alpha value is 0.580. The minimum Gasteiger partial charge on any atom is -0.392 e. The first-order valence-corrected chi connectivity index (χ1v) is 20.0. The molecular formula is C34H71NO2S2. The zero-order valence-electron chi connectivity index (χ0n) is 26.8. The number of rotatable bonds is 33. The van der Waals surface area contributed by atoms with E-state index in [-0.39, 0.29) is 12.2 Å². The summed E-state index contributed by atoms with van der Waals surface area (Å²) in [6.07, 6.45) is 30.4. The highest BCUT2D eigenvalue weighted by Crippen LogP contribution is 2.23. The standard InChI is InChI=1S/C34H71NO2S2/c1-4-7-9-11-13-15-17-19-21-23-26-33(36)31-35(28-25-30-39-38-29-6-3)32-34(37)27-24-22-20-18-16-14-12-10-8-5-2/h33-34,36-37H,4-32H2,1-3H3. The van der Waals surface area contributed by atoms with E-state index in [0.29, 0.717) is 0 Å². The fourth-order valence-electron chi connectivity index (χ4n) is 5.32. The lowest BCUT2D eigenvalue weighted by Gasteiger charge is -2.27. The molecule has 0 aromatic carbocycles. The Labute approximate surface area is 254 Å². The third-order valence-electron chi connectivity index (χ3n) is 7.79. The van der Waals surface area contributed by atoms with Crippen molar-refractivity contribution < 1.29 is 10.2 Å². The molecule has 236 valence electrons. The van der Waals surface area contributed by atoms with Crippen LogP contribution in [-0.4, -0.2) is 58.5 Å². The minimum atomic E-state index is -0.259. The van der Waals surface area contributed by atoms with Gasteiger partial charge >= 0.3 is 0 Å². The van der Waals surface area contributed by atoms with Gasteiger partial charge in [-0.3, -0.25) is 4.90 Å². The Kier molecular flexibility index (Phi) is 33.6. The van der Waals surface area contributed by atoms with E-state index in [0.717, 1.165) is 57.5 Å². The van der Waals surface area contributed by atoms with Crippen molar-refractivity contribution in [1.29, 1.82) is 0 Å². The van der Waals surface area contributed by atoms with Crippen LogP contribution in [0.4, 0.5) is 0 Å². The second kappa shape index (κ2) is 33.1. The molecule has 0 aromatic heterocycles. The zero-order chi connectivity index (χ0) is 28.7. The van der Waals surface area contributed by atoms with Crippen LogP contribution in [-0.2, 0) is 0 Å². The highest BCUT2D eigenvalue weighted by atomic mass is 33.1. The summed E-state index contributed by atoms with van der Waals surface area (Å²) >= 11 is 0. The van der Waals surface area contributed by atoms with E-state index in [9.17, 15) is 10.2 Å². The van der Waals surface area contributed by atoms with Crippen LogP contribution in [0.5, 0.6) is 0 Å². The Bertz CT molecular complexity index is 423. The van der Waals surface area contributed by atoms with Crippen LogP contribution >= 0.6 is 21.6 Å². The van der Waals surface area contributed by atoms with Crippen LogP contribution in [0, 0.1) is 0 Å². The molecule has 0 rings (SSSR count). The smallest absolute Gasteiger partial charge is 0.0667 e. The normalized spacial score (nSPS) is 13.4. The number of hydrogen-bond acceptors (Lipinski definition) is 5. The molecule has 3 nitrogen and oxygen atoms in total. The number of aliphatic hydroxyl groups is 2. The molecule has 0 heterocycles. The predicted molar refractivity (Wildman–Crippen MR) is 181 cm³/mol. The van der Waals surface area contributed by atoms with Gasteiger partial charge in [-0.1, -0.05) is 171 Å². The van der Waals surface area contributed by atoms with Gasteiger partial charge in [0.05, 0.1) is 12.2 Å². The maximum atomic E-state index is 10.8. The van der Waals surface area contributed by atoms with E-state index >= 15 is 0 Å². The maximum absolute atomic E-state index is 10.8. The molecule has 0 saturated heterocycles. The first-order chi connectivity index (χ1) is 19.1. The summed E-state index contributed by atoms with van der Waals surface area (Å²) in [5.74, 6) is 2.38. The average molecular weight is 590 g/mol. The molecule has 0 aliphatic rings. The summed E-state index contributed by atoms with van der Waals surface area (Å²) in [7, 11) is 3.96. The van der Waals surface area contributed by atoms with Gasteiger partial charge in [0.25, 0.3) is 0 Å². The van der Waals surface area contributed by atoms with Gasteiger partial charge in [-0.15, -0.1) is 0 Å². The summed E-state index contributed by atoms with van der Waals surface area (Å²) in [4.78, 5) is 2.35. The first-order valence-electron chi connectivity index (χ1n) is 17.5. The fraction of sp³-hybridized carbons (Fsp3) is 1.00. The number of nitrogens with zero attached hydrogens (tertiary/aromatic N) is 1. The summed E-state index contributed by atoms with van der Waals surface area (Å²) in [5, 5.41) is 21.5. The minimum absolute atomic E-state index is 0.259. The quantitative estimate of drug-likeness (QED) is 0.0589. The molecule has 0 spiro atoms. The van der Waals surface area contributed by atoms with Crippen LogP contribution in [0.3, 0.4) is 0 Å². The van der Waals surface area contributed by atoms with Crippen LogP contribution < -0.4 is 0 Å². The van der Waals surface area contributed by atoms with Crippen LogP contribution in [0.1, 0.15) is 175 Å². The largest absolute Gasteiger partial charge is 0.392 e. The van der Waals surface area contributed by atoms with Gasteiger partial charge in [-0.25, -0.2) is 0 Å². The molecule has 2 unspecified atom stereocenters. The highest BCUT2D eigenvalue weighted by molar-refractivity contribution is 8.76. The summed E-state index contributed by atoms with van der Waals surface area (Å²) in [5.41, 5.74) is 0. The number of hydrogen-bond donors (Lipinski definition) is 2. The van der Waals surface area contributed by atoms with Crippen molar-refractivity contribution in [3.63, 3.8) is 0 Å². The van der Waals surface area contributed by atoms with E-state index in [1.165, 1.54) is 128 Å². The molecule has 0 saturated carbocycles. The Balaban J connectivity index is 4.09. The molecule has 0 aliphatic heterocycles. The maximum Gasteiger partial charge on any atom is 0.0667 e. The number of aliphatic hydroxyl groups excluding tert-OH is 2. The lowest BCUT2D eigenvalue weighted by Crippen LogP contribution is -2.39. The van der Waals surface area contributed by atoms with Crippen molar-refractivity contribution in [2.75, 3.05) is 31.1 Å². The summed E-state index contributed by atoms with van der Waals surface area (Å²) < 4.78 is 0. The topological polar surface area (TPSA) is 43.7 Å². The van der Waals surface area contributed by atoms with Gasteiger partial charge in [-0.05, 0) is 32.2 Å². The first kappa shape index (κ1) is 39.6. The molecule has 39 heavy (non-hydrogen) atoms.